The van der Waals surface area contributed by atoms with Crippen molar-refractivity contribution in [3.63, 3.8) is 0 Å². The zero-order valence-electron chi connectivity index (χ0n) is 11.2. The van der Waals surface area contributed by atoms with E-state index in [1.165, 1.54) is 45.6 Å². The third-order valence-corrected chi connectivity index (χ3v) is 4.20. The molecular weight excluding hydrogens is 230 g/mol. The maximum absolute atomic E-state index is 11.9. The van der Waals surface area contributed by atoms with E-state index in [0.29, 0.717) is 18.9 Å². The first-order chi connectivity index (χ1) is 8.70. The topological polar surface area (TPSA) is 46.6 Å². The van der Waals surface area contributed by atoms with Gasteiger partial charge in [0.15, 0.2) is 0 Å². The van der Waals surface area contributed by atoms with E-state index >= 15 is 0 Å². The monoisotopic (exact) mass is 253 g/mol. The average molecular weight is 253 g/mol. The summed E-state index contributed by atoms with van der Waals surface area (Å²) in [5.74, 6) is 0.266. The fourth-order valence-corrected chi connectivity index (χ4v) is 3.13. The van der Waals surface area contributed by atoms with Crippen LogP contribution in [0.5, 0.6) is 0 Å². The van der Waals surface area contributed by atoms with Crippen LogP contribution in [0.25, 0.3) is 0 Å². The van der Waals surface area contributed by atoms with Crippen LogP contribution in [0.15, 0.2) is 0 Å². The molecule has 102 valence electrons. The lowest BCUT2D eigenvalue weighted by Crippen LogP contribution is -2.31. The molecule has 0 bridgehead atoms. The van der Waals surface area contributed by atoms with Crippen molar-refractivity contribution in [2.75, 3.05) is 20.2 Å². The maximum atomic E-state index is 11.9. The zero-order valence-corrected chi connectivity index (χ0v) is 11.2. The number of amides is 1. The molecule has 2 aliphatic rings. The van der Waals surface area contributed by atoms with Crippen molar-refractivity contribution in [3.05, 3.63) is 0 Å². The number of hydrogen-bond donors (Lipinski definition) is 0. The molecule has 1 atom stereocenters. The third-order valence-electron chi connectivity index (χ3n) is 4.20. The van der Waals surface area contributed by atoms with E-state index in [1.54, 1.807) is 0 Å². The maximum Gasteiger partial charge on any atom is 0.310 e. The molecule has 0 aromatic rings. The van der Waals surface area contributed by atoms with E-state index in [9.17, 15) is 9.59 Å². The molecule has 2 fully saturated rings. The average Bonchev–Trinajstić information content (AvgIpc) is 2.58. The largest absolute Gasteiger partial charge is 0.469 e. The number of esters is 1. The van der Waals surface area contributed by atoms with Crippen molar-refractivity contribution >= 4 is 11.9 Å². The summed E-state index contributed by atoms with van der Waals surface area (Å²) in [6.45, 7) is 1.40. The number of nitrogens with zero attached hydrogens (tertiary/aromatic N) is 1. The summed E-state index contributed by atoms with van der Waals surface area (Å²) in [7, 11) is 1.39. The Morgan fingerprint density at radius 3 is 2.56 bits per heavy atom. The number of carbonyl (C=O) groups excluding carboxylic acids is 2. The fraction of sp³-hybridized carbons (Fsp3) is 0.857. The normalized spacial score (nSPS) is 26.2. The van der Waals surface area contributed by atoms with Gasteiger partial charge in [-0.25, -0.2) is 0 Å². The molecule has 0 aromatic heterocycles. The van der Waals surface area contributed by atoms with Gasteiger partial charge in [-0.05, 0) is 18.8 Å². The molecule has 1 unspecified atom stereocenters. The van der Waals surface area contributed by atoms with E-state index in [4.69, 9.17) is 4.74 Å². The summed E-state index contributed by atoms with van der Waals surface area (Å²) in [6.07, 6.45) is 8.02. The van der Waals surface area contributed by atoms with Crippen molar-refractivity contribution in [2.24, 2.45) is 11.8 Å². The molecule has 1 aliphatic carbocycles. The summed E-state index contributed by atoms with van der Waals surface area (Å²) in [5.41, 5.74) is 0. The quantitative estimate of drug-likeness (QED) is 0.570. The summed E-state index contributed by atoms with van der Waals surface area (Å²) in [4.78, 5) is 25.2. The lowest BCUT2D eigenvalue weighted by atomic mass is 10.00. The van der Waals surface area contributed by atoms with Crippen LogP contribution in [0, 0.1) is 11.8 Å². The van der Waals surface area contributed by atoms with E-state index in [-0.39, 0.29) is 17.8 Å². The van der Waals surface area contributed by atoms with E-state index in [1.807, 2.05) is 4.90 Å². The highest BCUT2D eigenvalue weighted by Gasteiger charge is 2.35. The molecule has 1 heterocycles. The predicted octanol–water partition coefficient (Wildman–Crippen LogP) is 1.98. The third kappa shape index (κ3) is 3.24. The van der Waals surface area contributed by atoms with Crippen molar-refractivity contribution in [3.8, 4) is 0 Å². The number of ether oxygens (including phenoxy) is 1. The molecule has 18 heavy (non-hydrogen) atoms. The van der Waals surface area contributed by atoms with Gasteiger partial charge in [0.05, 0.1) is 13.0 Å². The zero-order chi connectivity index (χ0) is 13.0. The first kappa shape index (κ1) is 13.4. The smallest absolute Gasteiger partial charge is 0.310 e. The molecule has 2 rings (SSSR count). The van der Waals surface area contributed by atoms with Crippen molar-refractivity contribution < 1.29 is 14.3 Å². The van der Waals surface area contributed by atoms with Crippen molar-refractivity contribution in [1.82, 2.24) is 4.90 Å². The van der Waals surface area contributed by atoms with Gasteiger partial charge in [0.25, 0.3) is 0 Å². The molecule has 0 aromatic carbocycles. The van der Waals surface area contributed by atoms with Crippen molar-refractivity contribution in [2.45, 2.75) is 44.9 Å². The summed E-state index contributed by atoms with van der Waals surface area (Å²) >= 11 is 0. The molecular formula is C14H23NO3. The minimum atomic E-state index is -0.244. The Hall–Kier alpha value is -1.06. The fourth-order valence-electron chi connectivity index (χ4n) is 3.13. The van der Waals surface area contributed by atoms with Crippen LogP contribution < -0.4 is 0 Å². The van der Waals surface area contributed by atoms with Crippen LogP contribution in [0.4, 0.5) is 0 Å². The second kappa shape index (κ2) is 6.21. The van der Waals surface area contributed by atoms with Crippen LogP contribution >= 0.6 is 0 Å². The highest BCUT2D eigenvalue weighted by atomic mass is 16.5. The minimum absolute atomic E-state index is 0.120. The van der Waals surface area contributed by atoms with Gasteiger partial charge >= 0.3 is 5.97 Å². The Morgan fingerprint density at radius 1 is 1.28 bits per heavy atom. The number of rotatable bonds is 3. The Kier molecular flexibility index (Phi) is 4.61. The molecule has 1 aliphatic heterocycles. The molecule has 0 radical (unpaired) electrons. The van der Waals surface area contributed by atoms with E-state index in [2.05, 4.69) is 0 Å². The lowest BCUT2D eigenvalue weighted by Gasteiger charge is -2.22. The van der Waals surface area contributed by atoms with E-state index < -0.39 is 0 Å². The van der Waals surface area contributed by atoms with E-state index in [0.717, 1.165) is 6.54 Å². The van der Waals surface area contributed by atoms with Crippen LogP contribution in [-0.4, -0.2) is 37.0 Å². The number of methoxy groups -OCH3 is 1. The summed E-state index contributed by atoms with van der Waals surface area (Å²) in [5, 5.41) is 0. The predicted molar refractivity (Wildman–Crippen MR) is 67.9 cm³/mol. The van der Waals surface area contributed by atoms with Crippen LogP contribution in [0.2, 0.25) is 0 Å². The number of carbonyl (C=O) groups is 2. The molecule has 4 heteroatoms. The Balaban J connectivity index is 1.85. The Bertz CT molecular complexity index is 308. The highest BCUT2D eigenvalue weighted by Crippen LogP contribution is 2.26. The van der Waals surface area contributed by atoms with Gasteiger partial charge in [-0.3, -0.25) is 9.59 Å². The second-order valence-electron chi connectivity index (χ2n) is 5.58. The van der Waals surface area contributed by atoms with Crippen LogP contribution in [0.1, 0.15) is 44.9 Å². The van der Waals surface area contributed by atoms with Gasteiger partial charge in [-0.2, -0.15) is 0 Å². The molecule has 4 nitrogen and oxygen atoms in total. The first-order valence-corrected chi connectivity index (χ1v) is 7.06. The highest BCUT2D eigenvalue weighted by molar-refractivity contribution is 5.86. The minimum Gasteiger partial charge on any atom is -0.469 e. The SMILES string of the molecule is COC(=O)C1CC(=O)N(CC2CCCCCC2)C1. The number of hydrogen-bond acceptors (Lipinski definition) is 3. The lowest BCUT2D eigenvalue weighted by molar-refractivity contribution is -0.145. The van der Waals surface area contributed by atoms with Crippen LogP contribution in [0.3, 0.4) is 0 Å². The van der Waals surface area contributed by atoms with Gasteiger partial charge in [0.2, 0.25) is 5.91 Å². The first-order valence-electron chi connectivity index (χ1n) is 7.06. The second-order valence-corrected chi connectivity index (χ2v) is 5.58. The molecule has 1 saturated carbocycles. The molecule has 0 N–H and O–H groups in total. The van der Waals surface area contributed by atoms with Crippen LogP contribution in [-0.2, 0) is 14.3 Å². The summed E-state index contributed by atoms with van der Waals surface area (Å²) in [6, 6.07) is 0. The molecule has 1 saturated heterocycles. The van der Waals surface area contributed by atoms with Gasteiger partial charge in [-0.1, -0.05) is 25.7 Å². The molecule has 0 spiro atoms. The summed E-state index contributed by atoms with van der Waals surface area (Å²) < 4.78 is 4.72. The molecule has 1 amide bonds. The Labute approximate surface area is 109 Å². The van der Waals surface area contributed by atoms with Gasteiger partial charge in [-0.15, -0.1) is 0 Å². The van der Waals surface area contributed by atoms with Gasteiger partial charge in [0.1, 0.15) is 0 Å². The Morgan fingerprint density at radius 2 is 1.94 bits per heavy atom. The van der Waals surface area contributed by atoms with Gasteiger partial charge in [0, 0.05) is 19.5 Å². The van der Waals surface area contributed by atoms with Gasteiger partial charge < -0.3 is 9.64 Å². The van der Waals surface area contributed by atoms with Crippen molar-refractivity contribution in [1.29, 1.82) is 0 Å². The number of likely N-dealkylation sites (tertiary alicyclic amines) is 1. The standard InChI is InChI=1S/C14H23NO3/c1-18-14(17)12-8-13(16)15(10-12)9-11-6-4-2-3-5-7-11/h11-12H,2-10H2,1H3.